The fourth-order valence-corrected chi connectivity index (χ4v) is 5.65. The standard InChI is InChI=1S/C43H64O9/c1-2-3-4-5-6-16-23-44-24-25-45-26-27-46-28-29-47-30-31-48-32-33-49-34-35-50-36-37-51-38-39-52-43(40-17-10-7-11-18-40,41-19-12-8-13-20-41)42-21-14-9-15-22-42/h7-15,17-22H,2-6,16,23-39H2,1H3. The van der Waals surface area contributed by atoms with Crippen LogP contribution in [0.5, 0.6) is 0 Å². The topological polar surface area (TPSA) is 83.1 Å². The van der Waals surface area contributed by atoms with Crippen LogP contribution in [-0.2, 0) is 48.2 Å². The van der Waals surface area contributed by atoms with Gasteiger partial charge in [0.25, 0.3) is 0 Å². The van der Waals surface area contributed by atoms with Crippen LogP contribution in [0.15, 0.2) is 91.0 Å². The summed E-state index contributed by atoms with van der Waals surface area (Å²) < 4.78 is 51.6. The molecule has 0 fully saturated rings. The van der Waals surface area contributed by atoms with Crippen molar-refractivity contribution in [1.82, 2.24) is 0 Å². The van der Waals surface area contributed by atoms with Crippen LogP contribution < -0.4 is 0 Å². The fraction of sp³-hybridized carbons (Fsp3) is 0.581. The molecule has 9 heteroatoms. The van der Waals surface area contributed by atoms with Crippen LogP contribution in [0, 0.1) is 0 Å². The van der Waals surface area contributed by atoms with Gasteiger partial charge in [0.05, 0.1) is 106 Å². The molecule has 0 aliphatic rings. The van der Waals surface area contributed by atoms with Gasteiger partial charge in [-0.1, -0.05) is 130 Å². The van der Waals surface area contributed by atoms with E-state index in [0.717, 1.165) is 29.7 Å². The minimum absolute atomic E-state index is 0.423. The zero-order valence-corrected chi connectivity index (χ0v) is 31.6. The Morgan fingerprint density at radius 2 is 0.577 bits per heavy atom. The molecule has 0 atom stereocenters. The van der Waals surface area contributed by atoms with Crippen molar-refractivity contribution in [3.8, 4) is 0 Å². The summed E-state index contributed by atoms with van der Waals surface area (Å²) >= 11 is 0. The maximum absolute atomic E-state index is 6.73. The summed E-state index contributed by atoms with van der Waals surface area (Å²) in [5.41, 5.74) is 2.47. The summed E-state index contributed by atoms with van der Waals surface area (Å²) in [6.07, 6.45) is 7.68. The highest BCUT2D eigenvalue weighted by atomic mass is 16.6. The Bertz CT molecular complexity index is 1090. The quantitative estimate of drug-likeness (QED) is 0.0453. The molecule has 52 heavy (non-hydrogen) atoms. The van der Waals surface area contributed by atoms with Crippen molar-refractivity contribution in [3.63, 3.8) is 0 Å². The molecule has 3 aromatic carbocycles. The van der Waals surface area contributed by atoms with Gasteiger partial charge in [-0.3, -0.25) is 0 Å². The second kappa shape index (κ2) is 30.7. The van der Waals surface area contributed by atoms with Crippen LogP contribution in [0.3, 0.4) is 0 Å². The second-order valence-electron chi connectivity index (χ2n) is 12.3. The molecular weight excluding hydrogens is 660 g/mol. The number of rotatable bonds is 35. The van der Waals surface area contributed by atoms with Crippen molar-refractivity contribution in [2.24, 2.45) is 0 Å². The molecule has 0 saturated heterocycles. The lowest BCUT2D eigenvalue weighted by atomic mass is 9.80. The molecule has 0 aliphatic carbocycles. The lowest BCUT2D eigenvalue weighted by molar-refractivity contribution is -0.0398. The third kappa shape index (κ3) is 18.9. The van der Waals surface area contributed by atoms with E-state index in [0.29, 0.717) is 106 Å². The Balaban J connectivity index is 1.09. The highest BCUT2D eigenvalue weighted by molar-refractivity contribution is 5.47. The van der Waals surface area contributed by atoms with Gasteiger partial charge < -0.3 is 42.6 Å². The third-order valence-corrected chi connectivity index (χ3v) is 8.33. The fourth-order valence-electron chi connectivity index (χ4n) is 5.65. The van der Waals surface area contributed by atoms with E-state index in [1.807, 2.05) is 54.6 Å². The zero-order valence-electron chi connectivity index (χ0n) is 31.6. The summed E-state index contributed by atoms with van der Waals surface area (Å²) in [4.78, 5) is 0. The molecule has 0 spiro atoms. The first-order valence-corrected chi connectivity index (χ1v) is 19.3. The largest absolute Gasteiger partial charge is 0.379 e. The summed E-state index contributed by atoms with van der Waals surface area (Å²) in [6.45, 7) is 11.4. The molecule has 0 unspecified atom stereocenters. The van der Waals surface area contributed by atoms with Crippen LogP contribution >= 0.6 is 0 Å². The predicted molar refractivity (Wildman–Crippen MR) is 205 cm³/mol. The highest BCUT2D eigenvalue weighted by Crippen LogP contribution is 2.40. The Morgan fingerprint density at radius 3 is 0.904 bits per heavy atom. The van der Waals surface area contributed by atoms with E-state index in [9.17, 15) is 0 Å². The van der Waals surface area contributed by atoms with Gasteiger partial charge in [0.2, 0.25) is 0 Å². The molecule has 3 aromatic rings. The molecule has 0 bridgehead atoms. The van der Waals surface area contributed by atoms with E-state index in [2.05, 4.69) is 43.3 Å². The van der Waals surface area contributed by atoms with Gasteiger partial charge in [-0.05, 0) is 23.1 Å². The second-order valence-corrected chi connectivity index (χ2v) is 12.3. The first kappa shape index (κ1) is 43.7. The van der Waals surface area contributed by atoms with Gasteiger partial charge in [0, 0.05) is 6.61 Å². The molecule has 0 N–H and O–H groups in total. The molecule has 3 rings (SSSR count). The van der Waals surface area contributed by atoms with Gasteiger partial charge in [0.1, 0.15) is 5.60 Å². The minimum Gasteiger partial charge on any atom is -0.379 e. The van der Waals surface area contributed by atoms with Crippen LogP contribution in [0.1, 0.15) is 62.1 Å². The van der Waals surface area contributed by atoms with E-state index in [-0.39, 0.29) is 0 Å². The van der Waals surface area contributed by atoms with Gasteiger partial charge in [0.15, 0.2) is 0 Å². The number of hydrogen-bond acceptors (Lipinski definition) is 9. The van der Waals surface area contributed by atoms with E-state index in [4.69, 9.17) is 42.6 Å². The monoisotopic (exact) mass is 724 g/mol. The van der Waals surface area contributed by atoms with Gasteiger partial charge in [-0.2, -0.15) is 0 Å². The Labute approximate surface area is 313 Å². The first-order chi connectivity index (χ1) is 25.9. The molecule has 9 nitrogen and oxygen atoms in total. The van der Waals surface area contributed by atoms with Crippen LogP contribution in [0.2, 0.25) is 0 Å². The smallest absolute Gasteiger partial charge is 0.143 e. The summed E-state index contributed by atoms with van der Waals surface area (Å²) in [5.74, 6) is 0. The van der Waals surface area contributed by atoms with Crippen molar-refractivity contribution in [1.29, 1.82) is 0 Å². The molecule has 0 aliphatic heterocycles. The Kier molecular flexibility index (Phi) is 25.8. The lowest BCUT2D eigenvalue weighted by Gasteiger charge is -2.36. The average Bonchev–Trinajstić information content (AvgIpc) is 3.19. The molecule has 0 aromatic heterocycles. The summed E-state index contributed by atoms with van der Waals surface area (Å²) in [6, 6.07) is 31.1. The summed E-state index contributed by atoms with van der Waals surface area (Å²) in [5, 5.41) is 0. The number of ether oxygens (including phenoxy) is 9. The van der Waals surface area contributed by atoms with Crippen LogP contribution in [-0.4, -0.2) is 112 Å². The molecule has 0 saturated carbocycles. The van der Waals surface area contributed by atoms with Crippen molar-refractivity contribution in [2.45, 2.75) is 51.0 Å². The average molecular weight is 725 g/mol. The third-order valence-electron chi connectivity index (χ3n) is 8.33. The number of benzene rings is 3. The number of hydrogen-bond donors (Lipinski definition) is 0. The maximum atomic E-state index is 6.73. The van der Waals surface area contributed by atoms with E-state index in [1.54, 1.807) is 0 Å². The van der Waals surface area contributed by atoms with Crippen molar-refractivity contribution < 1.29 is 42.6 Å². The van der Waals surface area contributed by atoms with Crippen LogP contribution in [0.25, 0.3) is 0 Å². The molecule has 0 heterocycles. The van der Waals surface area contributed by atoms with Crippen molar-refractivity contribution >= 4 is 0 Å². The van der Waals surface area contributed by atoms with Gasteiger partial charge in [-0.25, -0.2) is 0 Å². The summed E-state index contributed by atoms with van der Waals surface area (Å²) in [7, 11) is 0. The number of unbranched alkanes of at least 4 members (excludes halogenated alkanes) is 5. The maximum Gasteiger partial charge on any atom is 0.143 e. The molecule has 290 valence electrons. The normalized spacial score (nSPS) is 11.7. The Hall–Kier alpha value is -2.70. The van der Waals surface area contributed by atoms with E-state index >= 15 is 0 Å². The molecular formula is C43H64O9. The van der Waals surface area contributed by atoms with Crippen molar-refractivity contribution in [2.75, 3.05) is 112 Å². The molecule has 0 radical (unpaired) electrons. The van der Waals surface area contributed by atoms with E-state index in [1.165, 1.54) is 32.1 Å². The highest BCUT2D eigenvalue weighted by Gasteiger charge is 2.37. The van der Waals surface area contributed by atoms with Crippen molar-refractivity contribution in [3.05, 3.63) is 108 Å². The van der Waals surface area contributed by atoms with Gasteiger partial charge >= 0.3 is 0 Å². The Morgan fingerprint density at radius 1 is 0.308 bits per heavy atom. The van der Waals surface area contributed by atoms with E-state index < -0.39 is 5.60 Å². The molecule has 0 amide bonds. The SMILES string of the molecule is CCCCCCCCOCCOCCOCCOCCOCCOCCOCCOCCOC(c1ccccc1)(c1ccccc1)c1ccccc1. The van der Waals surface area contributed by atoms with Crippen LogP contribution in [0.4, 0.5) is 0 Å². The minimum atomic E-state index is -0.745. The van der Waals surface area contributed by atoms with Gasteiger partial charge in [-0.15, -0.1) is 0 Å². The first-order valence-electron chi connectivity index (χ1n) is 19.3. The predicted octanol–water partition coefficient (Wildman–Crippen LogP) is 7.49. The zero-order chi connectivity index (χ0) is 36.5. The lowest BCUT2D eigenvalue weighted by Crippen LogP contribution is -2.34.